The average Bonchev–Trinajstić information content (AvgIpc) is 3.71. The van der Waals surface area contributed by atoms with Crippen molar-refractivity contribution < 1.29 is 4.74 Å². The molecule has 3 aliphatic heterocycles. The van der Waals surface area contributed by atoms with Crippen LogP contribution in [0.5, 0.6) is 11.5 Å². The van der Waals surface area contributed by atoms with Gasteiger partial charge in [-0.25, -0.2) is 0 Å². The maximum Gasteiger partial charge on any atom is 0.333 e. The molecule has 4 heterocycles. The quantitative estimate of drug-likeness (QED) is 0.166. The van der Waals surface area contributed by atoms with Gasteiger partial charge in [0.1, 0.15) is 0 Å². The number of anilines is 5. The van der Waals surface area contributed by atoms with Gasteiger partial charge >= 0.3 is 6.85 Å². The number of ether oxygens (including phenoxy) is 1. The van der Waals surface area contributed by atoms with Gasteiger partial charge in [0.05, 0.1) is 28.1 Å². The van der Waals surface area contributed by atoms with Gasteiger partial charge in [0.2, 0.25) is 0 Å². The molecule has 9 aromatic rings. The van der Waals surface area contributed by atoms with Gasteiger partial charge in [-0.05, 0) is 105 Å². The molecule has 0 saturated carbocycles. The lowest BCUT2D eigenvalue weighted by Crippen LogP contribution is -2.60. The molecule has 0 saturated heterocycles. The molecule has 4 aliphatic rings. The maximum absolute atomic E-state index is 6.59. The third-order valence-corrected chi connectivity index (χ3v) is 12.9. The van der Waals surface area contributed by atoms with Gasteiger partial charge < -0.3 is 19.0 Å². The predicted octanol–water partition coefficient (Wildman–Crippen LogP) is 11.9. The third kappa shape index (κ3) is 3.70. The third-order valence-electron chi connectivity index (χ3n) is 12.9. The van der Waals surface area contributed by atoms with Crippen LogP contribution < -0.4 is 25.4 Å². The number of benzene rings is 8. The van der Waals surface area contributed by atoms with Gasteiger partial charge in [0, 0.05) is 38.8 Å². The van der Waals surface area contributed by atoms with E-state index < -0.39 is 0 Å². The van der Waals surface area contributed by atoms with Crippen molar-refractivity contribution in [1.29, 1.82) is 0 Å². The smallest absolute Gasteiger partial charge is 0.333 e. The first-order valence-corrected chi connectivity index (χ1v) is 19.6. The van der Waals surface area contributed by atoms with Crippen LogP contribution in [0, 0.1) is 0 Å². The largest absolute Gasteiger partial charge is 0.453 e. The highest BCUT2D eigenvalue weighted by atomic mass is 16.5. The van der Waals surface area contributed by atoms with Crippen molar-refractivity contribution in [2.24, 2.45) is 0 Å². The minimum Gasteiger partial charge on any atom is -0.453 e. The second kappa shape index (κ2) is 10.6. The zero-order chi connectivity index (χ0) is 36.9. The van der Waals surface area contributed by atoms with E-state index in [-0.39, 0.29) is 12.3 Å². The number of fused-ring (bicyclic) bond motifs is 13. The van der Waals surface area contributed by atoms with Crippen LogP contribution >= 0.6 is 0 Å². The van der Waals surface area contributed by atoms with Crippen molar-refractivity contribution >= 4 is 68.0 Å². The number of nitrogens with zero attached hydrogens (tertiary/aromatic N) is 3. The fourth-order valence-electron chi connectivity index (χ4n) is 10.6. The predicted molar refractivity (Wildman–Crippen MR) is 232 cm³/mol. The van der Waals surface area contributed by atoms with Crippen LogP contribution in [0.4, 0.5) is 28.4 Å². The number of hydrogen-bond donors (Lipinski definition) is 0. The van der Waals surface area contributed by atoms with Crippen molar-refractivity contribution in [3.63, 3.8) is 0 Å². The van der Waals surface area contributed by atoms with E-state index in [1.807, 2.05) is 0 Å². The highest BCUT2D eigenvalue weighted by molar-refractivity contribution is 6.93. The summed E-state index contributed by atoms with van der Waals surface area (Å²) in [6, 6.07) is 62.5. The maximum atomic E-state index is 6.59. The van der Waals surface area contributed by atoms with Gasteiger partial charge in [-0.1, -0.05) is 117 Å². The Hall–Kier alpha value is -6.98. The van der Waals surface area contributed by atoms with Crippen LogP contribution in [0.2, 0.25) is 0 Å². The van der Waals surface area contributed by atoms with Gasteiger partial charge in [-0.15, -0.1) is 0 Å². The first kappa shape index (κ1) is 30.4. The molecule has 1 aromatic heterocycles. The second-order valence-electron chi connectivity index (χ2n) is 16.1. The van der Waals surface area contributed by atoms with Gasteiger partial charge in [0.25, 0.3) is 0 Å². The van der Waals surface area contributed by atoms with E-state index in [9.17, 15) is 0 Å². The lowest BCUT2D eigenvalue weighted by atomic mass is 9.44. The standard InChI is InChI=1S/C51H34BN3O/c1-51(2)37-20-8-6-18-32(37)34-28-35-36-29-45(53-42-24-12-14-26-46(42)56-47-27-15-13-25-43(47)53)48-33-19-7-10-22-40(33)54-41-23-11-9-21-39(41)52(49(36)50(48)54)55(44(35)30-38(34)51)31-16-4-3-5-17-31/h3-30H,1-2H3. The van der Waals surface area contributed by atoms with E-state index in [0.717, 1.165) is 28.6 Å². The monoisotopic (exact) mass is 715 g/mol. The summed E-state index contributed by atoms with van der Waals surface area (Å²) in [4.78, 5) is 5.08. The zero-order valence-electron chi connectivity index (χ0n) is 31.0. The van der Waals surface area contributed by atoms with Crippen LogP contribution in [0.1, 0.15) is 25.0 Å². The molecule has 4 nitrogen and oxygen atoms in total. The molecule has 1 aliphatic carbocycles. The highest BCUT2D eigenvalue weighted by Crippen LogP contribution is 2.57. The SMILES string of the molecule is CC1(C)c2ccccc2-c2cc3c(cc21)N(c1ccccc1)B1c2ccccc2-n2c4ccccc4c4c(N5c6ccccc6Oc6ccccc65)cc-3c1c42. The Morgan fingerprint density at radius 3 is 1.96 bits per heavy atom. The van der Waals surface area contributed by atoms with E-state index in [4.69, 9.17) is 4.74 Å². The molecule has 0 unspecified atom stereocenters. The van der Waals surface area contributed by atoms with Crippen molar-refractivity contribution in [2.45, 2.75) is 19.3 Å². The molecule has 0 atom stereocenters. The van der Waals surface area contributed by atoms with E-state index in [0.29, 0.717) is 0 Å². The summed E-state index contributed by atoms with van der Waals surface area (Å²) in [7, 11) is 0. The summed E-state index contributed by atoms with van der Waals surface area (Å²) in [5, 5.41) is 2.48. The van der Waals surface area contributed by atoms with E-state index in [1.54, 1.807) is 0 Å². The Morgan fingerprint density at radius 2 is 1.16 bits per heavy atom. The normalized spacial score (nSPS) is 14.8. The molecule has 13 rings (SSSR count). The Balaban J connectivity index is 1.24. The number of hydrogen-bond acceptors (Lipinski definition) is 3. The van der Waals surface area contributed by atoms with Crippen LogP contribution in [0.15, 0.2) is 170 Å². The molecule has 0 fully saturated rings. The first-order valence-electron chi connectivity index (χ1n) is 19.6. The summed E-state index contributed by atoms with van der Waals surface area (Å²) >= 11 is 0. The molecule has 0 amide bonds. The minimum absolute atomic E-state index is 0.0568. The highest BCUT2D eigenvalue weighted by Gasteiger charge is 2.47. The minimum atomic E-state index is -0.142. The second-order valence-corrected chi connectivity index (χ2v) is 16.1. The lowest BCUT2D eigenvalue weighted by Gasteiger charge is -2.43. The topological polar surface area (TPSA) is 20.6 Å². The molecule has 8 aromatic carbocycles. The number of rotatable bonds is 2. The van der Waals surface area contributed by atoms with E-state index in [1.165, 1.54) is 83.2 Å². The molecule has 0 N–H and O–H groups in total. The van der Waals surface area contributed by atoms with Crippen molar-refractivity contribution in [3.05, 3.63) is 181 Å². The van der Waals surface area contributed by atoms with Gasteiger partial charge in [-0.2, -0.15) is 0 Å². The van der Waals surface area contributed by atoms with E-state index >= 15 is 0 Å². The molecule has 56 heavy (non-hydrogen) atoms. The molecule has 5 heteroatoms. The Labute approximate surface area is 325 Å². The van der Waals surface area contributed by atoms with Crippen molar-refractivity contribution in [2.75, 3.05) is 9.71 Å². The summed E-state index contributed by atoms with van der Waals surface area (Å²) in [5.74, 6) is 1.70. The molecule has 0 bridgehead atoms. The number of aromatic nitrogens is 1. The molecular formula is C51H34BN3O. The first-order chi connectivity index (χ1) is 27.6. The Bertz CT molecular complexity index is 3130. The van der Waals surface area contributed by atoms with Crippen LogP contribution in [-0.2, 0) is 5.41 Å². The van der Waals surface area contributed by atoms with Gasteiger partial charge in [0.15, 0.2) is 11.5 Å². The Kier molecular flexibility index (Phi) is 5.76. The molecule has 0 radical (unpaired) electrons. The fourth-order valence-corrected chi connectivity index (χ4v) is 10.6. The van der Waals surface area contributed by atoms with Crippen LogP contribution in [-0.4, -0.2) is 11.4 Å². The average molecular weight is 716 g/mol. The molecular weight excluding hydrogens is 681 g/mol. The van der Waals surface area contributed by atoms with Gasteiger partial charge in [-0.3, -0.25) is 0 Å². The van der Waals surface area contributed by atoms with Crippen LogP contribution in [0.3, 0.4) is 0 Å². The molecule has 0 spiro atoms. The number of para-hydroxylation sites is 7. The Morgan fingerprint density at radius 1 is 0.500 bits per heavy atom. The summed E-state index contributed by atoms with van der Waals surface area (Å²) < 4.78 is 9.14. The fraction of sp³-hybridized carbons (Fsp3) is 0.0588. The van der Waals surface area contributed by atoms with Crippen molar-refractivity contribution in [3.8, 4) is 39.4 Å². The summed E-state index contributed by atoms with van der Waals surface area (Å²) in [6.45, 7) is 4.72. The molecule has 262 valence electrons. The van der Waals surface area contributed by atoms with E-state index in [2.05, 4.69) is 198 Å². The lowest BCUT2D eigenvalue weighted by molar-refractivity contribution is 0.477. The zero-order valence-corrected chi connectivity index (χ0v) is 31.0. The summed E-state index contributed by atoms with van der Waals surface area (Å²) in [6.07, 6.45) is 0. The van der Waals surface area contributed by atoms with Crippen LogP contribution in [0.25, 0.3) is 49.7 Å². The summed E-state index contributed by atoms with van der Waals surface area (Å²) in [5.41, 5.74) is 19.8. The van der Waals surface area contributed by atoms with Crippen molar-refractivity contribution in [1.82, 2.24) is 4.57 Å².